The first-order chi connectivity index (χ1) is 8.15. The molecule has 1 heterocycles. The van der Waals surface area contributed by atoms with E-state index in [2.05, 4.69) is 10.3 Å². The Hall–Kier alpha value is -1.57. The third-order valence-electron chi connectivity index (χ3n) is 2.30. The maximum absolute atomic E-state index is 8.90. The summed E-state index contributed by atoms with van der Waals surface area (Å²) in [6, 6.07) is 7.09. The molecule has 0 saturated heterocycles. The van der Waals surface area contributed by atoms with Gasteiger partial charge in [0.05, 0.1) is 11.4 Å². The number of nitrogens with zero attached hydrogens (tertiary/aromatic N) is 4. The highest BCUT2D eigenvalue weighted by Crippen LogP contribution is 2.22. The first-order valence-corrected chi connectivity index (χ1v) is 5.72. The van der Waals surface area contributed by atoms with Crippen LogP contribution in [0.2, 0.25) is 10.0 Å². The van der Waals surface area contributed by atoms with Gasteiger partial charge in [0.25, 0.3) is 0 Å². The summed E-state index contributed by atoms with van der Waals surface area (Å²) in [6.45, 7) is 1.93. The molecule has 0 bridgehead atoms. The zero-order chi connectivity index (χ0) is 12.4. The van der Waals surface area contributed by atoms with Crippen LogP contribution in [0.15, 0.2) is 18.2 Å². The molecule has 2 aromatic rings. The Kier molecular flexibility index (Phi) is 3.32. The van der Waals surface area contributed by atoms with Crippen LogP contribution in [0.5, 0.6) is 0 Å². The van der Waals surface area contributed by atoms with Gasteiger partial charge in [-0.3, -0.25) is 0 Å². The smallest absolute Gasteiger partial charge is 0.186 e. The van der Waals surface area contributed by atoms with E-state index in [0.29, 0.717) is 27.8 Å². The predicted molar refractivity (Wildman–Crippen MR) is 65.5 cm³/mol. The van der Waals surface area contributed by atoms with Crippen molar-refractivity contribution < 1.29 is 0 Å². The minimum atomic E-state index is 0.323. The van der Waals surface area contributed by atoms with Crippen LogP contribution >= 0.6 is 23.2 Å². The zero-order valence-electron chi connectivity index (χ0n) is 8.98. The van der Waals surface area contributed by atoms with Crippen molar-refractivity contribution in [2.45, 2.75) is 13.3 Å². The van der Waals surface area contributed by atoms with Crippen molar-refractivity contribution in [1.29, 1.82) is 5.26 Å². The SMILES string of the molecule is CCc1c(C#N)nnn1-c1cc(Cl)cc(Cl)c1. The van der Waals surface area contributed by atoms with Crippen LogP contribution < -0.4 is 0 Å². The standard InChI is InChI=1S/C11H8Cl2N4/c1-2-11-10(6-14)15-16-17(11)9-4-7(12)3-8(13)5-9/h3-5H,2H2,1H3. The molecule has 6 heteroatoms. The molecule has 2 rings (SSSR count). The van der Waals surface area contributed by atoms with Gasteiger partial charge in [-0.05, 0) is 24.6 Å². The Morgan fingerprint density at radius 3 is 2.47 bits per heavy atom. The van der Waals surface area contributed by atoms with Crippen LogP contribution in [0.3, 0.4) is 0 Å². The lowest BCUT2D eigenvalue weighted by atomic mass is 10.2. The molecule has 0 aliphatic carbocycles. The normalized spacial score (nSPS) is 10.2. The van der Waals surface area contributed by atoms with Crippen LogP contribution in [-0.4, -0.2) is 15.0 Å². The summed E-state index contributed by atoms with van der Waals surface area (Å²) in [6.07, 6.45) is 0.653. The molecule has 0 spiro atoms. The molecular formula is C11H8Cl2N4. The van der Waals surface area contributed by atoms with E-state index in [9.17, 15) is 0 Å². The monoisotopic (exact) mass is 266 g/mol. The molecule has 0 saturated carbocycles. The second-order valence-corrected chi connectivity index (χ2v) is 4.26. The van der Waals surface area contributed by atoms with Crippen LogP contribution in [0.4, 0.5) is 0 Å². The van der Waals surface area contributed by atoms with Gasteiger partial charge in [-0.15, -0.1) is 5.10 Å². The molecule has 0 aliphatic heterocycles. The number of aromatic nitrogens is 3. The molecule has 4 nitrogen and oxygen atoms in total. The van der Waals surface area contributed by atoms with Gasteiger partial charge in [0.15, 0.2) is 5.69 Å². The minimum absolute atomic E-state index is 0.323. The van der Waals surface area contributed by atoms with Gasteiger partial charge in [0, 0.05) is 10.0 Å². The lowest BCUT2D eigenvalue weighted by molar-refractivity contribution is 0.767. The summed E-state index contributed by atoms with van der Waals surface area (Å²) in [7, 11) is 0. The highest BCUT2D eigenvalue weighted by atomic mass is 35.5. The maximum Gasteiger partial charge on any atom is 0.186 e. The van der Waals surface area contributed by atoms with E-state index >= 15 is 0 Å². The largest absolute Gasteiger partial charge is 0.216 e. The molecule has 0 amide bonds. The van der Waals surface area contributed by atoms with E-state index in [4.69, 9.17) is 28.5 Å². The molecule has 86 valence electrons. The van der Waals surface area contributed by atoms with E-state index in [-0.39, 0.29) is 0 Å². The Balaban J connectivity index is 2.61. The second-order valence-electron chi connectivity index (χ2n) is 3.39. The molecule has 1 aromatic carbocycles. The Bertz CT molecular complexity index is 578. The third-order valence-corrected chi connectivity index (χ3v) is 2.73. The fourth-order valence-corrected chi connectivity index (χ4v) is 2.09. The molecule has 0 aliphatic rings. The summed E-state index contributed by atoms with van der Waals surface area (Å²) in [5, 5.41) is 17.7. The summed E-state index contributed by atoms with van der Waals surface area (Å²) in [5.41, 5.74) is 1.77. The summed E-state index contributed by atoms with van der Waals surface area (Å²) in [4.78, 5) is 0. The highest BCUT2D eigenvalue weighted by Gasteiger charge is 2.12. The Labute approximate surface area is 108 Å². The molecule has 1 aromatic heterocycles. The topological polar surface area (TPSA) is 54.5 Å². The van der Waals surface area contributed by atoms with Crippen LogP contribution in [0, 0.1) is 11.3 Å². The number of hydrogen-bond acceptors (Lipinski definition) is 3. The van der Waals surface area contributed by atoms with Crippen molar-refractivity contribution in [3.63, 3.8) is 0 Å². The van der Waals surface area contributed by atoms with Crippen molar-refractivity contribution in [3.05, 3.63) is 39.6 Å². The summed E-state index contributed by atoms with van der Waals surface area (Å²) in [5.74, 6) is 0. The van der Waals surface area contributed by atoms with Crippen molar-refractivity contribution in [2.75, 3.05) is 0 Å². The first-order valence-electron chi connectivity index (χ1n) is 4.97. The number of halogens is 2. The molecule has 0 N–H and O–H groups in total. The van der Waals surface area contributed by atoms with Crippen molar-refractivity contribution in [2.24, 2.45) is 0 Å². The van der Waals surface area contributed by atoms with Gasteiger partial charge in [0.2, 0.25) is 0 Å². The second kappa shape index (κ2) is 4.74. The molecule has 0 atom stereocenters. The van der Waals surface area contributed by atoms with E-state index in [1.807, 2.05) is 13.0 Å². The maximum atomic E-state index is 8.90. The fraction of sp³-hybridized carbons (Fsp3) is 0.182. The van der Waals surface area contributed by atoms with Crippen molar-refractivity contribution in [3.8, 4) is 11.8 Å². The number of benzene rings is 1. The Morgan fingerprint density at radius 2 is 1.94 bits per heavy atom. The Morgan fingerprint density at radius 1 is 1.29 bits per heavy atom. The van der Waals surface area contributed by atoms with E-state index in [1.54, 1.807) is 22.9 Å². The van der Waals surface area contributed by atoms with Crippen molar-refractivity contribution >= 4 is 23.2 Å². The third kappa shape index (κ3) is 2.26. The van der Waals surface area contributed by atoms with Crippen molar-refractivity contribution in [1.82, 2.24) is 15.0 Å². The van der Waals surface area contributed by atoms with Gasteiger partial charge in [0.1, 0.15) is 6.07 Å². The van der Waals surface area contributed by atoms with Crippen LogP contribution in [0.25, 0.3) is 5.69 Å². The van der Waals surface area contributed by atoms with E-state index in [1.165, 1.54) is 0 Å². The molecule has 17 heavy (non-hydrogen) atoms. The van der Waals surface area contributed by atoms with Gasteiger partial charge < -0.3 is 0 Å². The van der Waals surface area contributed by atoms with Gasteiger partial charge in [-0.2, -0.15) is 5.26 Å². The predicted octanol–water partition coefficient (Wildman–Crippen LogP) is 3.01. The van der Waals surface area contributed by atoms with E-state index in [0.717, 1.165) is 5.69 Å². The molecular weight excluding hydrogens is 259 g/mol. The van der Waals surface area contributed by atoms with Gasteiger partial charge >= 0.3 is 0 Å². The first kappa shape index (κ1) is 11.9. The van der Waals surface area contributed by atoms with Crippen LogP contribution in [0.1, 0.15) is 18.3 Å². The summed E-state index contributed by atoms with van der Waals surface area (Å²) < 4.78 is 1.58. The lowest BCUT2D eigenvalue weighted by Gasteiger charge is -2.05. The highest BCUT2D eigenvalue weighted by molar-refractivity contribution is 6.34. The quantitative estimate of drug-likeness (QED) is 0.840. The number of nitriles is 1. The fourth-order valence-electron chi connectivity index (χ4n) is 1.57. The number of hydrogen-bond donors (Lipinski definition) is 0. The zero-order valence-corrected chi connectivity index (χ0v) is 10.5. The van der Waals surface area contributed by atoms with Gasteiger partial charge in [-0.1, -0.05) is 35.3 Å². The molecule has 0 fully saturated rings. The average molecular weight is 267 g/mol. The lowest BCUT2D eigenvalue weighted by Crippen LogP contribution is -2.02. The summed E-state index contributed by atoms with van der Waals surface area (Å²) >= 11 is 11.9. The minimum Gasteiger partial charge on any atom is -0.216 e. The van der Waals surface area contributed by atoms with Gasteiger partial charge in [-0.25, -0.2) is 4.68 Å². The van der Waals surface area contributed by atoms with Crippen LogP contribution in [-0.2, 0) is 6.42 Å². The number of rotatable bonds is 2. The molecule has 0 unspecified atom stereocenters. The van der Waals surface area contributed by atoms with E-state index < -0.39 is 0 Å². The molecule has 0 radical (unpaired) electrons. The average Bonchev–Trinajstić information content (AvgIpc) is 2.70.